The fourth-order valence-electron chi connectivity index (χ4n) is 5.74. The number of hydrogen-bond donors (Lipinski definition) is 2. The maximum atomic E-state index is 14.1. The number of methoxy groups -OCH3 is 1. The average Bonchev–Trinajstić information content (AvgIpc) is 2.97. The van der Waals surface area contributed by atoms with E-state index in [0.29, 0.717) is 44.5 Å². The van der Waals surface area contributed by atoms with Crippen molar-refractivity contribution >= 4 is 28.2 Å². The number of aryl methyl sites for hydroxylation is 1. The van der Waals surface area contributed by atoms with Gasteiger partial charge in [0.05, 0.1) is 23.6 Å². The van der Waals surface area contributed by atoms with E-state index in [9.17, 15) is 18.0 Å². The van der Waals surface area contributed by atoms with Crippen LogP contribution >= 0.6 is 0 Å². The molecule has 1 aliphatic rings. The Balaban J connectivity index is 1.52. The lowest BCUT2D eigenvalue weighted by Gasteiger charge is -2.37. The predicted molar refractivity (Wildman–Crippen MR) is 157 cm³/mol. The van der Waals surface area contributed by atoms with Crippen molar-refractivity contribution in [2.45, 2.75) is 44.9 Å². The molecule has 1 aliphatic heterocycles. The van der Waals surface area contributed by atoms with E-state index in [4.69, 9.17) is 9.47 Å². The maximum absolute atomic E-state index is 14.1. The SMILES string of the molecule is COC(=O)C1(CC(Cc2ccccc2)Oc2cc(Nc3cc(C)nc4ccccc34)cc(C(F)(F)F)c2)CCNCC1. The largest absolute Gasteiger partial charge is 0.490 e. The van der Waals surface area contributed by atoms with Crippen LogP contribution in [0.4, 0.5) is 24.5 Å². The van der Waals surface area contributed by atoms with Crippen LogP contribution in [0.1, 0.15) is 36.1 Å². The summed E-state index contributed by atoms with van der Waals surface area (Å²) < 4.78 is 53.9. The van der Waals surface area contributed by atoms with Gasteiger partial charge in [-0.3, -0.25) is 9.78 Å². The van der Waals surface area contributed by atoms with E-state index >= 15 is 0 Å². The highest BCUT2D eigenvalue weighted by Crippen LogP contribution is 2.40. The highest BCUT2D eigenvalue weighted by molar-refractivity contribution is 5.93. The Bertz CT molecular complexity index is 1540. The first-order valence-corrected chi connectivity index (χ1v) is 14.0. The molecule has 9 heteroatoms. The maximum Gasteiger partial charge on any atom is 0.416 e. The van der Waals surface area contributed by atoms with E-state index < -0.39 is 23.3 Å². The third-order valence-electron chi connectivity index (χ3n) is 7.76. The monoisotopic (exact) mass is 577 g/mol. The molecular formula is C33H34F3N3O3. The van der Waals surface area contributed by atoms with Gasteiger partial charge in [0.1, 0.15) is 11.9 Å². The predicted octanol–water partition coefficient (Wildman–Crippen LogP) is 7.23. The Labute approximate surface area is 243 Å². The Hall–Kier alpha value is -4.11. The fraction of sp³-hybridized carbons (Fsp3) is 0.333. The number of hydrogen-bond acceptors (Lipinski definition) is 6. The topological polar surface area (TPSA) is 72.5 Å². The molecule has 5 rings (SSSR count). The van der Waals surface area contributed by atoms with Crippen LogP contribution < -0.4 is 15.4 Å². The number of para-hydroxylation sites is 1. The number of carbonyl (C=O) groups excluding carboxylic acids is 1. The van der Waals surface area contributed by atoms with Crippen LogP contribution in [0.3, 0.4) is 0 Å². The molecule has 1 atom stereocenters. The van der Waals surface area contributed by atoms with Crippen molar-refractivity contribution in [2.24, 2.45) is 5.41 Å². The van der Waals surface area contributed by atoms with Gasteiger partial charge in [-0.05, 0) is 62.7 Å². The molecule has 0 saturated carbocycles. The lowest BCUT2D eigenvalue weighted by Crippen LogP contribution is -2.46. The van der Waals surface area contributed by atoms with Gasteiger partial charge >= 0.3 is 12.1 Å². The van der Waals surface area contributed by atoms with Crippen molar-refractivity contribution in [1.29, 1.82) is 0 Å². The van der Waals surface area contributed by atoms with E-state index in [-0.39, 0.29) is 17.4 Å². The van der Waals surface area contributed by atoms with Crippen LogP contribution in [0.5, 0.6) is 5.75 Å². The number of anilines is 2. The summed E-state index contributed by atoms with van der Waals surface area (Å²) in [7, 11) is 1.37. The zero-order valence-electron chi connectivity index (χ0n) is 23.6. The van der Waals surface area contributed by atoms with Gasteiger partial charge in [-0.15, -0.1) is 0 Å². The molecule has 0 radical (unpaired) electrons. The molecule has 42 heavy (non-hydrogen) atoms. The molecule has 220 valence electrons. The standard InChI is InChI=1S/C33H34F3N3O3/c1-22-16-30(28-10-6-7-11-29(28)38-22)39-25-18-24(33(34,35)36)19-26(20-25)42-27(17-23-8-4-3-5-9-23)21-32(31(40)41-2)12-14-37-15-13-32/h3-11,16,18-20,27,37H,12-15,17,21H2,1-2H3,(H,38,39). The van der Waals surface area contributed by atoms with Crippen LogP contribution in [0.15, 0.2) is 78.9 Å². The second-order valence-electron chi connectivity index (χ2n) is 10.9. The zero-order valence-corrected chi connectivity index (χ0v) is 23.6. The summed E-state index contributed by atoms with van der Waals surface area (Å²) in [6, 6.07) is 22.5. The average molecular weight is 578 g/mol. The number of ether oxygens (including phenoxy) is 2. The quantitative estimate of drug-likeness (QED) is 0.205. The second kappa shape index (κ2) is 12.4. The number of benzene rings is 3. The number of pyridine rings is 1. The Morgan fingerprint density at radius 1 is 1.02 bits per heavy atom. The summed E-state index contributed by atoms with van der Waals surface area (Å²) in [4.78, 5) is 17.6. The van der Waals surface area contributed by atoms with E-state index in [1.807, 2.05) is 61.5 Å². The second-order valence-corrected chi connectivity index (χ2v) is 10.9. The number of alkyl halides is 3. The minimum Gasteiger partial charge on any atom is -0.490 e. The van der Waals surface area contributed by atoms with Gasteiger partial charge < -0.3 is 20.1 Å². The van der Waals surface area contributed by atoms with Crippen LogP contribution in [-0.4, -0.2) is 37.3 Å². The first kappa shape index (κ1) is 29.4. The van der Waals surface area contributed by atoms with Gasteiger partial charge in [0.2, 0.25) is 0 Å². The summed E-state index contributed by atoms with van der Waals surface area (Å²) >= 11 is 0. The molecule has 1 unspecified atom stereocenters. The summed E-state index contributed by atoms with van der Waals surface area (Å²) in [6.07, 6.45) is -3.34. The molecule has 0 aliphatic carbocycles. The molecule has 0 amide bonds. The minimum atomic E-state index is -4.59. The van der Waals surface area contributed by atoms with Gasteiger partial charge in [0.15, 0.2) is 0 Å². The Morgan fingerprint density at radius 2 is 1.74 bits per heavy atom. The van der Waals surface area contributed by atoms with E-state index in [1.165, 1.54) is 7.11 Å². The summed E-state index contributed by atoms with van der Waals surface area (Å²) in [5.41, 5.74) is 1.68. The van der Waals surface area contributed by atoms with Gasteiger partial charge in [-0.1, -0.05) is 48.5 Å². The van der Waals surface area contributed by atoms with Crippen molar-refractivity contribution < 1.29 is 27.4 Å². The fourth-order valence-corrected chi connectivity index (χ4v) is 5.74. The highest BCUT2D eigenvalue weighted by atomic mass is 19.4. The lowest BCUT2D eigenvalue weighted by molar-refractivity contribution is -0.156. The van der Waals surface area contributed by atoms with Crippen LogP contribution in [-0.2, 0) is 22.1 Å². The molecule has 3 aromatic carbocycles. The third-order valence-corrected chi connectivity index (χ3v) is 7.76. The summed E-state index contributed by atoms with van der Waals surface area (Å²) in [6.45, 7) is 3.12. The van der Waals surface area contributed by atoms with Crippen molar-refractivity contribution in [1.82, 2.24) is 10.3 Å². The van der Waals surface area contributed by atoms with Gasteiger partial charge in [0, 0.05) is 41.4 Å². The van der Waals surface area contributed by atoms with E-state index in [1.54, 1.807) is 12.1 Å². The number of aromatic nitrogens is 1. The van der Waals surface area contributed by atoms with Crippen LogP contribution in [0.25, 0.3) is 10.9 Å². The molecule has 0 spiro atoms. The number of halogens is 3. The first-order valence-electron chi connectivity index (χ1n) is 14.0. The summed E-state index contributed by atoms with van der Waals surface area (Å²) in [5, 5.41) is 7.24. The van der Waals surface area contributed by atoms with Crippen molar-refractivity contribution in [3.63, 3.8) is 0 Å². The van der Waals surface area contributed by atoms with Gasteiger partial charge in [0.25, 0.3) is 0 Å². The number of nitrogens with zero attached hydrogens (tertiary/aromatic N) is 1. The smallest absolute Gasteiger partial charge is 0.416 e. The van der Waals surface area contributed by atoms with Gasteiger partial charge in [-0.25, -0.2) is 0 Å². The molecule has 1 fully saturated rings. The van der Waals surface area contributed by atoms with Crippen molar-refractivity contribution in [2.75, 3.05) is 25.5 Å². The number of nitrogens with one attached hydrogen (secondary N) is 2. The molecule has 1 saturated heterocycles. The molecular weight excluding hydrogens is 543 g/mol. The zero-order chi connectivity index (χ0) is 29.7. The Morgan fingerprint density at radius 3 is 2.45 bits per heavy atom. The van der Waals surface area contributed by atoms with E-state index in [2.05, 4.69) is 15.6 Å². The summed E-state index contributed by atoms with van der Waals surface area (Å²) in [5.74, 6) is -0.255. The number of esters is 1. The molecule has 2 N–H and O–H groups in total. The first-order chi connectivity index (χ1) is 20.1. The molecule has 4 aromatic rings. The normalized spacial score (nSPS) is 15.6. The lowest BCUT2D eigenvalue weighted by atomic mass is 9.74. The minimum absolute atomic E-state index is 0.0669. The highest BCUT2D eigenvalue weighted by Gasteiger charge is 2.43. The van der Waals surface area contributed by atoms with Crippen LogP contribution in [0.2, 0.25) is 0 Å². The van der Waals surface area contributed by atoms with Crippen molar-refractivity contribution in [3.05, 3.63) is 95.7 Å². The number of rotatable bonds is 9. The number of fused-ring (bicyclic) bond motifs is 1. The van der Waals surface area contributed by atoms with E-state index in [0.717, 1.165) is 34.3 Å². The van der Waals surface area contributed by atoms with Gasteiger partial charge in [-0.2, -0.15) is 13.2 Å². The van der Waals surface area contributed by atoms with Crippen molar-refractivity contribution in [3.8, 4) is 5.75 Å². The Kier molecular flexibility index (Phi) is 8.68. The third kappa shape index (κ3) is 6.85. The molecule has 6 nitrogen and oxygen atoms in total. The number of carbonyl (C=O) groups is 1. The van der Waals surface area contributed by atoms with Crippen LogP contribution in [0, 0.1) is 12.3 Å². The molecule has 2 heterocycles. The molecule has 1 aromatic heterocycles. The molecule has 0 bridgehead atoms. The number of piperidine rings is 1.